The van der Waals surface area contributed by atoms with E-state index in [1.54, 1.807) is 18.1 Å². The molecule has 1 N–H and O–H groups in total. The van der Waals surface area contributed by atoms with Crippen LogP contribution in [0.4, 0.5) is 5.69 Å². The third-order valence-corrected chi connectivity index (χ3v) is 3.03. The summed E-state index contributed by atoms with van der Waals surface area (Å²) >= 11 is 0. The summed E-state index contributed by atoms with van der Waals surface area (Å²) in [5.41, 5.74) is 1.99. The molecular formula is C13H18N4O. The minimum Gasteiger partial charge on any atom is -0.380 e. The van der Waals surface area contributed by atoms with Crippen LogP contribution in [0.3, 0.4) is 0 Å². The summed E-state index contributed by atoms with van der Waals surface area (Å²) < 4.78 is 7.06. The number of benzene rings is 1. The van der Waals surface area contributed by atoms with Gasteiger partial charge in [0, 0.05) is 13.2 Å². The second kappa shape index (κ2) is 5.64. The number of methoxy groups -OCH3 is 1. The van der Waals surface area contributed by atoms with Gasteiger partial charge in [-0.25, -0.2) is 9.67 Å². The second-order valence-corrected chi connectivity index (χ2v) is 4.23. The van der Waals surface area contributed by atoms with Crippen molar-refractivity contribution in [2.75, 3.05) is 12.4 Å². The van der Waals surface area contributed by atoms with Gasteiger partial charge in [-0.1, -0.05) is 12.1 Å². The average Bonchev–Trinajstić information content (AvgIpc) is 2.92. The summed E-state index contributed by atoms with van der Waals surface area (Å²) in [6, 6.07) is 8.20. The lowest BCUT2D eigenvalue weighted by atomic mass is 10.2. The van der Waals surface area contributed by atoms with Crippen molar-refractivity contribution in [3.63, 3.8) is 0 Å². The Hall–Kier alpha value is -1.88. The smallest absolute Gasteiger partial charge is 0.138 e. The summed E-state index contributed by atoms with van der Waals surface area (Å²) in [4.78, 5) is 3.97. The van der Waals surface area contributed by atoms with Crippen LogP contribution in [0.25, 0.3) is 5.69 Å². The van der Waals surface area contributed by atoms with Gasteiger partial charge in [0.1, 0.15) is 12.7 Å². The Bertz CT molecular complexity index is 483. The van der Waals surface area contributed by atoms with Crippen LogP contribution in [-0.4, -0.2) is 34.0 Å². The molecule has 18 heavy (non-hydrogen) atoms. The van der Waals surface area contributed by atoms with Gasteiger partial charge in [0.05, 0.1) is 17.5 Å². The van der Waals surface area contributed by atoms with E-state index in [-0.39, 0.29) is 12.1 Å². The van der Waals surface area contributed by atoms with Crippen LogP contribution in [-0.2, 0) is 4.74 Å². The first-order valence-corrected chi connectivity index (χ1v) is 5.95. The Morgan fingerprint density at radius 2 is 2.06 bits per heavy atom. The molecule has 1 aromatic carbocycles. The highest BCUT2D eigenvalue weighted by Gasteiger charge is 2.13. The number of nitrogens with one attached hydrogen (secondary N) is 1. The van der Waals surface area contributed by atoms with Crippen molar-refractivity contribution in [2.24, 2.45) is 0 Å². The Kier molecular flexibility index (Phi) is 3.94. The van der Waals surface area contributed by atoms with E-state index >= 15 is 0 Å². The third kappa shape index (κ3) is 2.68. The largest absolute Gasteiger partial charge is 0.380 e. The summed E-state index contributed by atoms with van der Waals surface area (Å²) in [7, 11) is 1.71. The molecule has 5 heteroatoms. The zero-order valence-corrected chi connectivity index (χ0v) is 10.9. The van der Waals surface area contributed by atoms with Crippen LogP contribution in [0.1, 0.15) is 13.8 Å². The number of rotatable bonds is 5. The molecule has 1 heterocycles. The van der Waals surface area contributed by atoms with E-state index < -0.39 is 0 Å². The maximum atomic E-state index is 5.32. The van der Waals surface area contributed by atoms with Crippen LogP contribution < -0.4 is 5.32 Å². The highest BCUT2D eigenvalue weighted by atomic mass is 16.5. The van der Waals surface area contributed by atoms with Gasteiger partial charge in [-0.3, -0.25) is 0 Å². The quantitative estimate of drug-likeness (QED) is 0.877. The third-order valence-electron chi connectivity index (χ3n) is 3.03. The summed E-state index contributed by atoms with van der Waals surface area (Å²) in [6.45, 7) is 4.13. The predicted octanol–water partition coefficient (Wildman–Crippen LogP) is 2.10. The van der Waals surface area contributed by atoms with Crippen molar-refractivity contribution in [1.82, 2.24) is 14.8 Å². The molecule has 0 radical (unpaired) electrons. The predicted molar refractivity (Wildman–Crippen MR) is 70.9 cm³/mol. The molecule has 2 aromatic rings. The van der Waals surface area contributed by atoms with E-state index in [1.165, 1.54) is 6.33 Å². The van der Waals surface area contributed by atoms with Crippen molar-refractivity contribution in [3.8, 4) is 5.69 Å². The minimum atomic E-state index is 0.133. The molecule has 1 aromatic heterocycles. The number of nitrogens with zero attached hydrogens (tertiary/aromatic N) is 3. The Labute approximate surface area is 107 Å². The molecule has 2 unspecified atom stereocenters. The number of anilines is 1. The summed E-state index contributed by atoms with van der Waals surface area (Å²) in [5.74, 6) is 0. The first-order valence-electron chi connectivity index (χ1n) is 5.95. The number of para-hydroxylation sites is 2. The lowest BCUT2D eigenvalue weighted by molar-refractivity contribution is 0.106. The summed E-state index contributed by atoms with van der Waals surface area (Å²) in [6.07, 6.45) is 3.34. The van der Waals surface area contributed by atoms with Gasteiger partial charge in [0.25, 0.3) is 0 Å². The molecule has 0 fully saturated rings. The van der Waals surface area contributed by atoms with Crippen molar-refractivity contribution in [1.29, 1.82) is 0 Å². The van der Waals surface area contributed by atoms with Crippen molar-refractivity contribution in [2.45, 2.75) is 26.0 Å². The Morgan fingerprint density at radius 1 is 1.28 bits per heavy atom. The molecule has 0 bridgehead atoms. The molecule has 0 aliphatic carbocycles. The summed E-state index contributed by atoms with van der Waals surface area (Å²) in [5, 5.41) is 7.59. The van der Waals surface area contributed by atoms with E-state index in [9.17, 15) is 0 Å². The second-order valence-electron chi connectivity index (χ2n) is 4.23. The van der Waals surface area contributed by atoms with Crippen LogP contribution in [0.15, 0.2) is 36.9 Å². The van der Waals surface area contributed by atoms with Crippen molar-refractivity contribution >= 4 is 5.69 Å². The van der Waals surface area contributed by atoms with Gasteiger partial charge in [-0.05, 0) is 26.0 Å². The van der Waals surface area contributed by atoms with Gasteiger partial charge >= 0.3 is 0 Å². The van der Waals surface area contributed by atoms with Crippen molar-refractivity contribution in [3.05, 3.63) is 36.9 Å². The molecular weight excluding hydrogens is 228 g/mol. The Balaban J connectivity index is 2.23. The number of hydrogen-bond donors (Lipinski definition) is 1. The number of ether oxygens (including phenoxy) is 1. The first-order chi connectivity index (χ1) is 8.72. The normalized spacial score (nSPS) is 14.2. The van der Waals surface area contributed by atoms with Crippen LogP contribution >= 0.6 is 0 Å². The number of aromatic nitrogens is 3. The van der Waals surface area contributed by atoms with Crippen molar-refractivity contribution < 1.29 is 4.74 Å². The lowest BCUT2D eigenvalue weighted by Gasteiger charge is -2.22. The minimum absolute atomic E-state index is 0.133. The molecule has 0 saturated carbocycles. The number of hydrogen-bond acceptors (Lipinski definition) is 4. The molecule has 5 nitrogen and oxygen atoms in total. The lowest BCUT2D eigenvalue weighted by Crippen LogP contribution is -2.30. The fraction of sp³-hybridized carbons (Fsp3) is 0.385. The molecule has 0 aliphatic rings. The van der Waals surface area contributed by atoms with Crippen LogP contribution in [0, 0.1) is 0 Å². The molecule has 0 amide bonds. The first kappa shape index (κ1) is 12.6. The van der Waals surface area contributed by atoms with E-state index in [2.05, 4.69) is 22.3 Å². The highest BCUT2D eigenvalue weighted by Crippen LogP contribution is 2.20. The molecule has 0 aliphatic heterocycles. The zero-order chi connectivity index (χ0) is 13.0. The van der Waals surface area contributed by atoms with E-state index in [0.717, 1.165) is 11.4 Å². The SMILES string of the molecule is COC(C)C(C)Nc1ccccc1-n1cncn1. The monoisotopic (exact) mass is 246 g/mol. The maximum Gasteiger partial charge on any atom is 0.138 e. The van der Waals surface area contributed by atoms with Gasteiger partial charge in [0.2, 0.25) is 0 Å². The average molecular weight is 246 g/mol. The van der Waals surface area contributed by atoms with E-state index in [0.29, 0.717) is 0 Å². The van der Waals surface area contributed by atoms with E-state index in [4.69, 9.17) is 4.74 Å². The molecule has 2 atom stereocenters. The van der Waals surface area contributed by atoms with E-state index in [1.807, 2.05) is 31.2 Å². The molecule has 0 saturated heterocycles. The van der Waals surface area contributed by atoms with Crippen LogP contribution in [0.2, 0.25) is 0 Å². The maximum absolute atomic E-state index is 5.32. The Morgan fingerprint density at radius 3 is 2.72 bits per heavy atom. The highest BCUT2D eigenvalue weighted by molar-refractivity contribution is 5.60. The topological polar surface area (TPSA) is 52.0 Å². The van der Waals surface area contributed by atoms with Gasteiger partial charge in [-0.15, -0.1) is 0 Å². The van der Waals surface area contributed by atoms with Gasteiger partial charge < -0.3 is 10.1 Å². The fourth-order valence-corrected chi connectivity index (χ4v) is 1.69. The molecule has 0 spiro atoms. The zero-order valence-electron chi connectivity index (χ0n) is 10.9. The van der Waals surface area contributed by atoms with Gasteiger partial charge in [0.15, 0.2) is 0 Å². The molecule has 2 rings (SSSR count). The standard InChI is InChI=1S/C13H18N4O/c1-10(11(2)18-3)16-12-6-4-5-7-13(12)17-9-14-8-15-17/h4-11,16H,1-3H3. The molecule has 96 valence electrons. The fourth-order valence-electron chi connectivity index (χ4n) is 1.69. The van der Waals surface area contributed by atoms with Crippen LogP contribution in [0.5, 0.6) is 0 Å². The van der Waals surface area contributed by atoms with Gasteiger partial charge in [-0.2, -0.15) is 5.10 Å².